The van der Waals surface area contributed by atoms with E-state index in [1.165, 1.54) is 0 Å². The molecule has 2 fully saturated rings. The van der Waals surface area contributed by atoms with Crippen LogP contribution in [0.4, 0.5) is 4.79 Å². The van der Waals surface area contributed by atoms with Gasteiger partial charge in [0, 0.05) is 32.7 Å². The molecule has 0 radical (unpaired) electrons. The maximum absolute atomic E-state index is 12.9. The Labute approximate surface area is 223 Å². The third-order valence-corrected chi connectivity index (χ3v) is 7.51. The summed E-state index contributed by atoms with van der Waals surface area (Å²) >= 11 is 0. The van der Waals surface area contributed by atoms with Crippen LogP contribution < -0.4 is 4.74 Å². The number of hydrogen-bond acceptors (Lipinski definition) is 6. The van der Waals surface area contributed by atoms with Crippen molar-refractivity contribution in [2.45, 2.75) is 32.9 Å². The Morgan fingerprint density at radius 1 is 0.895 bits per heavy atom. The molecule has 2 aliphatic rings. The number of ether oxygens (including phenoxy) is 2. The number of piperidine rings is 1. The largest absolute Gasteiger partial charge is 0.486 e. The smallest absolute Gasteiger partial charge is 0.409 e. The molecule has 2 aliphatic heterocycles. The number of likely N-dealkylation sites (tertiary alicyclic amines) is 1. The van der Waals surface area contributed by atoms with Crippen molar-refractivity contribution in [2.24, 2.45) is 5.92 Å². The molecule has 2 saturated heterocycles. The molecule has 0 N–H and O–H groups in total. The van der Waals surface area contributed by atoms with E-state index in [1.54, 1.807) is 11.8 Å². The van der Waals surface area contributed by atoms with Gasteiger partial charge in [0.2, 0.25) is 5.91 Å². The van der Waals surface area contributed by atoms with Gasteiger partial charge >= 0.3 is 6.09 Å². The number of imidazole rings is 1. The van der Waals surface area contributed by atoms with Gasteiger partial charge < -0.3 is 23.8 Å². The van der Waals surface area contributed by atoms with E-state index >= 15 is 0 Å². The molecule has 202 valence electrons. The van der Waals surface area contributed by atoms with Crippen LogP contribution in [0.25, 0.3) is 11.0 Å². The number of piperazine rings is 1. The van der Waals surface area contributed by atoms with E-state index in [4.69, 9.17) is 14.5 Å². The van der Waals surface area contributed by atoms with E-state index in [2.05, 4.69) is 27.7 Å². The zero-order valence-electron chi connectivity index (χ0n) is 22.1. The van der Waals surface area contributed by atoms with Crippen LogP contribution in [0.2, 0.25) is 0 Å². The van der Waals surface area contributed by atoms with Crippen molar-refractivity contribution in [3.8, 4) is 5.75 Å². The summed E-state index contributed by atoms with van der Waals surface area (Å²) < 4.78 is 13.4. The number of fused-ring (bicyclic) bond motifs is 1. The summed E-state index contributed by atoms with van der Waals surface area (Å²) in [7, 11) is 0. The highest BCUT2D eigenvalue weighted by molar-refractivity contribution is 5.79. The van der Waals surface area contributed by atoms with Gasteiger partial charge in [0.15, 0.2) is 0 Å². The molecule has 9 nitrogen and oxygen atoms in total. The summed E-state index contributed by atoms with van der Waals surface area (Å²) in [5, 5.41) is 0. The number of benzene rings is 2. The minimum Gasteiger partial charge on any atom is -0.486 e. The standard InChI is InChI=1S/C29H37N5O4/c1-2-37-29(36)33-18-16-32(17-19-33)28(35)21-31-14-12-23(13-15-31)20-34-26-11-7-6-10-25(26)30-27(34)22-38-24-8-4-3-5-9-24/h3-11,23H,2,12-22H2,1H3. The first-order chi connectivity index (χ1) is 18.6. The highest BCUT2D eigenvalue weighted by atomic mass is 16.6. The molecule has 9 heteroatoms. The molecule has 0 aliphatic carbocycles. The van der Waals surface area contributed by atoms with Crippen molar-refractivity contribution in [1.29, 1.82) is 0 Å². The Balaban J connectivity index is 1.13. The van der Waals surface area contributed by atoms with Gasteiger partial charge in [-0.2, -0.15) is 0 Å². The van der Waals surface area contributed by atoms with Crippen molar-refractivity contribution in [1.82, 2.24) is 24.3 Å². The third-order valence-electron chi connectivity index (χ3n) is 7.51. The van der Waals surface area contributed by atoms with Gasteiger partial charge in [-0.3, -0.25) is 9.69 Å². The fourth-order valence-electron chi connectivity index (χ4n) is 5.33. The maximum Gasteiger partial charge on any atom is 0.409 e. The summed E-state index contributed by atoms with van der Waals surface area (Å²) in [6.07, 6.45) is 1.78. The van der Waals surface area contributed by atoms with Gasteiger partial charge in [0.25, 0.3) is 0 Å². The van der Waals surface area contributed by atoms with Crippen molar-refractivity contribution in [3.05, 3.63) is 60.4 Å². The average Bonchev–Trinajstić information content (AvgIpc) is 3.30. The maximum atomic E-state index is 12.9. The van der Waals surface area contributed by atoms with Gasteiger partial charge in [-0.25, -0.2) is 9.78 Å². The van der Waals surface area contributed by atoms with E-state index in [1.807, 2.05) is 41.3 Å². The number of hydrogen-bond donors (Lipinski definition) is 0. The van der Waals surface area contributed by atoms with E-state index < -0.39 is 0 Å². The molecule has 0 saturated carbocycles. The van der Waals surface area contributed by atoms with E-state index in [9.17, 15) is 9.59 Å². The van der Waals surface area contributed by atoms with Crippen LogP contribution in [0, 0.1) is 5.92 Å². The Morgan fingerprint density at radius 2 is 1.58 bits per heavy atom. The number of carbonyl (C=O) groups excluding carboxylic acids is 2. The molecule has 3 aromatic rings. The number of rotatable bonds is 8. The van der Waals surface area contributed by atoms with Crippen molar-refractivity contribution < 1.29 is 19.1 Å². The summed E-state index contributed by atoms with van der Waals surface area (Å²) in [4.78, 5) is 35.5. The molecular weight excluding hydrogens is 482 g/mol. The van der Waals surface area contributed by atoms with Crippen molar-refractivity contribution in [3.63, 3.8) is 0 Å². The van der Waals surface area contributed by atoms with Gasteiger partial charge in [0.1, 0.15) is 18.2 Å². The van der Waals surface area contributed by atoms with Crippen LogP contribution in [0.15, 0.2) is 54.6 Å². The highest BCUT2D eigenvalue weighted by Crippen LogP contribution is 2.24. The van der Waals surface area contributed by atoms with Gasteiger partial charge in [0.05, 0.1) is 24.2 Å². The van der Waals surface area contributed by atoms with Gasteiger partial charge in [-0.1, -0.05) is 30.3 Å². The SMILES string of the molecule is CCOC(=O)N1CCN(C(=O)CN2CCC(Cn3c(COc4ccccc4)nc4ccccc43)CC2)CC1. The molecule has 0 unspecified atom stereocenters. The lowest BCUT2D eigenvalue weighted by atomic mass is 9.96. The van der Waals surface area contributed by atoms with Crippen LogP contribution in [0.5, 0.6) is 5.75 Å². The predicted molar refractivity (Wildman–Crippen MR) is 145 cm³/mol. The second-order valence-electron chi connectivity index (χ2n) is 10.0. The van der Waals surface area contributed by atoms with Gasteiger partial charge in [-0.05, 0) is 63.0 Å². The fraction of sp³-hybridized carbons (Fsp3) is 0.483. The van der Waals surface area contributed by atoms with Crippen molar-refractivity contribution in [2.75, 3.05) is 52.4 Å². The van der Waals surface area contributed by atoms with Crippen molar-refractivity contribution >= 4 is 23.0 Å². The minimum atomic E-state index is -0.290. The molecule has 38 heavy (non-hydrogen) atoms. The summed E-state index contributed by atoms with van der Waals surface area (Å²) in [6.45, 7) is 7.93. The third kappa shape index (κ3) is 6.27. The monoisotopic (exact) mass is 519 g/mol. The topological polar surface area (TPSA) is 80.1 Å². The lowest BCUT2D eigenvalue weighted by molar-refractivity contribution is -0.134. The number of aromatic nitrogens is 2. The van der Waals surface area contributed by atoms with E-state index in [-0.39, 0.29) is 12.0 Å². The zero-order chi connectivity index (χ0) is 26.3. The Hall–Kier alpha value is -3.59. The first-order valence-corrected chi connectivity index (χ1v) is 13.6. The van der Waals surface area contributed by atoms with E-state index in [0.29, 0.717) is 51.9 Å². The first-order valence-electron chi connectivity index (χ1n) is 13.6. The van der Waals surface area contributed by atoms with Gasteiger partial charge in [-0.15, -0.1) is 0 Å². The Morgan fingerprint density at radius 3 is 2.32 bits per heavy atom. The molecule has 0 atom stereocenters. The van der Waals surface area contributed by atoms with Crippen LogP contribution in [0.1, 0.15) is 25.6 Å². The highest BCUT2D eigenvalue weighted by Gasteiger charge is 2.28. The fourth-order valence-corrected chi connectivity index (χ4v) is 5.33. The summed E-state index contributed by atoms with van der Waals surface area (Å²) in [6, 6.07) is 18.1. The number of nitrogens with zero attached hydrogens (tertiary/aromatic N) is 5. The number of para-hydroxylation sites is 3. The minimum absolute atomic E-state index is 0.146. The zero-order valence-corrected chi connectivity index (χ0v) is 22.1. The number of amides is 2. The molecular formula is C29H37N5O4. The summed E-state index contributed by atoms with van der Waals surface area (Å²) in [5.74, 6) is 2.44. The second kappa shape index (κ2) is 12.3. The molecule has 0 bridgehead atoms. The number of carbonyl (C=O) groups is 2. The lowest BCUT2D eigenvalue weighted by Gasteiger charge is -2.36. The molecule has 2 aromatic carbocycles. The Bertz CT molecular complexity index is 1210. The summed E-state index contributed by atoms with van der Waals surface area (Å²) in [5.41, 5.74) is 2.13. The van der Waals surface area contributed by atoms with E-state index in [0.717, 1.165) is 55.1 Å². The van der Waals surface area contributed by atoms with Crippen LogP contribution in [-0.4, -0.2) is 88.7 Å². The lowest BCUT2D eigenvalue weighted by Crippen LogP contribution is -2.53. The first kappa shape index (κ1) is 26.0. The molecule has 2 amide bonds. The van der Waals surface area contributed by atoms with Crippen LogP contribution in [-0.2, 0) is 22.7 Å². The van der Waals surface area contributed by atoms with Crippen LogP contribution in [0.3, 0.4) is 0 Å². The normalized spacial score (nSPS) is 17.1. The molecule has 0 spiro atoms. The second-order valence-corrected chi connectivity index (χ2v) is 10.0. The Kier molecular flexibility index (Phi) is 8.43. The average molecular weight is 520 g/mol. The predicted octanol–water partition coefficient (Wildman–Crippen LogP) is 3.63. The molecule has 5 rings (SSSR count). The molecule has 1 aromatic heterocycles. The quantitative estimate of drug-likeness (QED) is 0.452. The van der Waals surface area contributed by atoms with Crippen LogP contribution >= 0.6 is 0 Å². The molecule has 3 heterocycles.